The first-order valence-corrected chi connectivity index (χ1v) is 8.21. The summed E-state index contributed by atoms with van der Waals surface area (Å²) in [5.41, 5.74) is 4.14. The molecule has 0 radical (unpaired) electrons. The standard InChI is InChI=1S/C17H23N3P/c1-16(2,3)20-18-11-14(21-20)15-17(4,5)12-9-7-8-10-13(12)19(15)6/h7-11H,1-6H3/q+1. The highest BCUT2D eigenvalue weighted by atomic mass is 31.0. The zero-order valence-electron chi connectivity index (χ0n) is 13.7. The number of rotatable bonds is 1. The Morgan fingerprint density at radius 3 is 2.43 bits per heavy atom. The molecule has 1 aromatic carbocycles. The van der Waals surface area contributed by atoms with Crippen molar-refractivity contribution in [3.8, 4) is 0 Å². The molecule has 1 aromatic heterocycles. The predicted octanol–water partition coefficient (Wildman–Crippen LogP) is 4.27. The van der Waals surface area contributed by atoms with Gasteiger partial charge in [-0.3, -0.25) is 0 Å². The smallest absolute Gasteiger partial charge is 0.209 e. The molecule has 3 rings (SSSR count). The number of benzene rings is 1. The Morgan fingerprint density at radius 1 is 1.19 bits per heavy atom. The van der Waals surface area contributed by atoms with E-state index in [9.17, 15) is 0 Å². The summed E-state index contributed by atoms with van der Waals surface area (Å²) in [5.74, 6) is 0. The van der Waals surface area contributed by atoms with Gasteiger partial charge in [0.05, 0.1) is 17.2 Å². The van der Waals surface area contributed by atoms with Crippen molar-refractivity contribution in [2.45, 2.75) is 45.6 Å². The SMILES string of the molecule is C[N+]1=C(c2cnn(C(C)(C)C)p2)C(C)(C)c2ccccc21. The molecule has 0 atom stereocenters. The molecule has 1 aliphatic rings. The lowest BCUT2D eigenvalue weighted by Crippen LogP contribution is -2.28. The molecular formula is C17H23N3P+. The third-order valence-electron chi connectivity index (χ3n) is 4.20. The molecule has 0 bridgehead atoms. The molecule has 0 amide bonds. The van der Waals surface area contributed by atoms with Crippen LogP contribution in [0.25, 0.3) is 0 Å². The minimum absolute atomic E-state index is 0.0214. The zero-order valence-corrected chi connectivity index (χ0v) is 14.6. The Morgan fingerprint density at radius 2 is 1.86 bits per heavy atom. The number of para-hydroxylation sites is 1. The molecule has 0 unspecified atom stereocenters. The van der Waals surface area contributed by atoms with Crippen molar-refractivity contribution in [3.05, 3.63) is 41.3 Å². The molecule has 0 saturated carbocycles. The van der Waals surface area contributed by atoms with Crippen molar-refractivity contribution in [1.29, 1.82) is 0 Å². The first-order chi connectivity index (χ1) is 9.73. The Kier molecular flexibility index (Phi) is 3.11. The highest BCUT2D eigenvalue weighted by Gasteiger charge is 2.45. The average Bonchev–Trinajstić information content (AvgIpc) is 2.93. The first kappa shape index (κ1) is 14.5. The second kappa shape index (κ2) is 4.51. The first-order valence-electron chi connectivity index (χ1n) is 7.37. The lowest BCUT2D eigenvalue weighted by atomic mass is 9.81. The van der Waals surface area contributed by atoms with Crippen LogP contribution < -0.4 is 0 Å². The summed E-state index contributed by atoms with van der Waals surface area (Å²) in [6.07, 6.45) is 2.03. The summed E-state index contributed by atoms with van der Waals surface area (Å²) in [7, 11) is 3.34. The molecule has 3 nitrogen and oxygen atoms in total. The van der Waals surface area contributed by atoms with E-state index in [-0.39, 0.29) is 11.0 Å². The van der Waals surface area contributed by atoms with Crippen molar-refractivity contribution in [2.24, 2.45) is 0 Å². The Bertz CT molecular complexity index is 732. The third-order valence-corrected chi connectivity index (χ3v) is 5.64. The van der Waals surface area contributed by atoms with Gasteiger partial charge in [-0.1, -0.05) is 18.2 Å². The highest BCUT2D eigenvalue weighted by Crippen LogP contribution is 2.42. The monoisotopic (exact) mass is 300 g/mol. The number of hydrogen-bond donors (Lipinski definition) is 0. The largest absolute Gasteiger partial charge is 0.241 e. The maximum Gasteiger partial charge on any atom is 0.209 e. The summed E-state index contributed by atoms with van der Waals surface area (Å²) in [6.45, 7) is 11.2. The van der Waals surface area contributed by atoms with Crippen LogP contribution in [0, 0.1) is 0 Å². The van der Waals surface area contributed by atoms with Gasteiger partial charge in [0.25, 0.3) is 0 Å². The van der Waals surface area contributed by atoms with Crippen LogP contribution in [-0.2, 0) is 11.0 Å². The minimum atomic E-state index is 0.0214. The minimum Gasteiger partial charge on any atom is -0.241 e. The molecule has 0 aliphatic carbocycles. The van der Waals surface area contributed by atoms with Gasteiger partial charge >= 0.3 is 0 Å². The molecule has 21 heavy (non-hydrogen) atoms. The number of aromatic nitrogens is 2. The van der Waals surface area contributed by atoms with Gasteiger partial charge in [-0.05, 0) is 34.6 Å². The van der Waals surface area contributed by atoms with Crippen molar-refractivity contribution in [2.75, 3.05) is 7.05 Å². The van der Waals surface area contributed by atoms with Gasteiger partial charge in [0.2, 0.25) is 11.4 Å². The molecule has 0 saturated heterocycles. The van der Waals surface area contributed by atoms with Crippen molar-refractivity contribution >= 4 is 19.8 Å². The van der Waals surface area contributed by atoms with Gasteiger partial charge in [0.1, 0.15) is 12.3 Å². The van der Waals surface area contributed by atoms with E-state index in [0.29, 0.717) is 0 Å². The van der Waals surface area contributed by atoms with E-state index in [1.54, 1.807) is 0 Å². The van der Waals surface area contributed by atoms with Crippen LogP contribution in [-0.4, -0.2) is 26.9 Å². The van der Waals surface area contributed by atoms with Crippen LogP contribution >= 0.6 is 8.35 Å². The van der Waals surface area contributed by atoms with Gasteiger partial charge in [-0.15, -0.1) is 0 Å². The van der Waals surface area contributed by atoms with Gasteiger partial charge in [-0.25, -0.2) is 4.44 Å². The maximum absolute atomic E-state index is 4.61. The molecule has 1 aliphatic heterocycles. The topological polar surface area (TPSA) is 20.8 Å². The number of nitrogens with zero attached hydrogens (tertiary/aromatic N) is 3. The second-order valence-corrected chi connectivity index (χ2v) is 8.30. The normalized spacial score (nSPS) is 17.6. The molecule has 0 spiro atoms. The zero-order chi connectivity index (χ0) is 15.4. The third kappa shape index (κ3) is 2.15. The molecule has 110 valence electrons. The van der Waals surface area contributed by atoms with Crippen molar-refractivity contribution < 1.29 is 4.58 Å². The van der Waals surface area contributed by atoms with Crippen molar-refractivity contribution in [3.63, 3.8) is 0 Å². The maximum atomic E-state index is 4.61. The van der Waals surface area contributed by atoms with E-state index in [4.69, 9.17) is 0 Å². The quantitative estimate of drug-likeness (QED) is 0.720. The van der Waals surface area contributed by atoms with Crippen LogP contribution in [0.4, 0.5) is 5.69 Å². The van der Waals surface area contributed by atoms with E-state index in [0.717, 1.165) is 0 Å². The van der Waals surface area contributed by atoms with Gasteiger partial charge < -0.3 is 0 Å². The summed E-state index contributed by atoms with van der Waals surface area (Å²) >= 11 is 0. The number of fused-ring (bicyclic) bond motifs is 1. The highest BCUT2D eigenvalue weighted by molar-refractivity contribution is 7.28. The molecular weight excluding hydrogens is 277 g/mol. The summed E-state index contributed by atoms with van der Waals surface area (Å²) in [4.78, 5) is 0. The molecule has 0 fully saturated rings. The second-order valence-electron chi connectivity index (χ2n) is 7.24. The Balaban J connectivity index is 2.16. The van der Waals surface area contributed by atoms with E-state index < -0.39 is 0 Å². The fourth-order valence-corrected chi connectivity index (χ4v) is 4.38. The number of hydrogen-bond acceptors (Lipinski definition) is 1. The fraction of sp³-hybridized carbons (Fsp3) is 0.471. The van der Waals surface area contributed by atoms with E-state index in [2.05, 4.69) is 80.1 Å². The summed E-state index contributed by atoms with van der Waals surface area (Å²) < 4.78 is 4.47. The van der Waals surface area contributed by atoms with E-state index in [1.165, 1.54) is 30.6 Å². The molecule has 2 heterocycles. The lowest BCUT2D eigenvalue weighted by molar-refractivity contribution is -0.401. The van der Waals surface area contributed by atoms with Crippen molar-refractivity contribution in [1.82, 2.24) is 9.54 Å². The van der Waals surface area contributed by atoms with Gasteiger partial charge in [0, 0.05) is 20.0 Å². The Hall–Kier alpha value is -1.47. The van der Waals surface area contributed by atoms with Gasteiger partial charge in [-0.2, -0.15) is 9.67 Å². The average molecular weight is 300 g/mol. The molecule has 0 N–H and O–H groups in total. The summed E-state index contributed by atoms with van der Waals surface area (Å²) in [5, 5.41) is 5.91. The van der Waals surface area contributed by atoms with Crippen LogP contribution in [0.2, 0.25) is 0 Å². The molecule has 4 heteroatoms. The van der Waals surface area contributed by atoms with Crippen LogP contribution in [0.5, 0.6) is 0 Å². The van der Waals surface area contributed by atoms with E-state index >= 15 is 0 Å². The predicted molar refractivity (Wildman–Crippen MR) is 89.2 cm³/mol. The van der Waals surface area contributed by atoms with Crippen LogP contribution in [0.1, 0.15) is 45.5 Å². The fourth-order valence-electron chi connectivity index (χ4n) is 3.15. The van der Waals surface area contributed by atoms with E-state index in [1.807, 2.05) is 6.20 Å². The summed E-state index contributed by atoms with van der Waals surface area (Å²) in [6, 6.07) is 8.68. The molecule has 2 aromatic rings. The van der Waals surface area contributed by atoms with Gasteiger partial charge in [0.15, 0.2) is 0 Å². The van der Waals surface area contributed by atoms with Crippen LogP contribution in [0.15, 0.2) is 30.5 Å². The lowest BCUT2D eigenvalue weighted by Gasteiger charge is -2.18. The Labute approximate surface area is 128 Å². The van der Waals surface area contributed by atoms with Crippen LogP contribution in [0.3, 0.4) is 0 Å².